The van der Waals surface area contributed by atoms with Crippen molar-refractivity contribution < 1.29 is 33.5 Å². The molecule has 10 heteroatoms. The van der Waals surface area contributed by atoms with Crippen LogP contribution in [0.5, 0.6) is 0 Å². The minimum absolute atomic E-state index is 0.0601. The third-order valence-electron chi connectivity index (χ3n) is 10.2. The second kappa shape index (κ2) is 39.4. The summed E-state index contributed by atoms with van der Waals surface area (Å²) in [6.07, 6.45) is 39.6. The summed E-state index contributed by atoms with van der Waals surface area (Å²) in [6.45, 7) is 4.04. The highest BCUT2D eigenvalue weighted by Gasteiger charge is 2.28. The van der Waals surface area contributed by atoms with Crippen LogP contribution in [0.3, 0.4) is 0 Å². The molecule has 0 aliphatic carbocycles. The number of phosphoric ester groups is 1. The Morgan fingerprint density at radius 3 is 1.47 bits per heavy atom. The molecule has 1 amide bonds. The summed E-state index contributed by atoms with van der Waals surface area (Å²) in [7, 11) is -4.37. The van der Waals surface area contributed by atoms with Gasteiger partial charge in [0.25, 0.3) is 0 Å². The fourth-order valence-corrected chi connectivity index (χ4v) is 7.52. The SMILES string of the molecule is CCCCCC/C=C\CCCCCCCC(O)CC(=O)NC(COP(=O)(O)OCCN)C(O)CCCCCCCCCCCCCCCCCCCC. The molecule has 4 atom stereocenters. The van der Waals surface area contributed by atoms with E-state index in [-0.39, 0.29) is 26.2 Å². The summed E-state index contributed by atoms with van der Waals surface area (Å²) in [5, 5.41) is 24.2. The molecule has 0 aliphatic heterocycles. The fourth-order valence-electron chi connectivity index (χ4n) is 6.76. The number of carbonyl (C=O) groups excluding carboxylic acids is 1. The molecule has 0 spiro atoms. The van der Waals surface area contributed by atoms with E-state index in [1.165, 1.54) is 141 Å². The van der Waals surface area contributed by atoms with Crippen LogP contribution in [0.1, 0.15) is 219 Å². The van der Waals surface area contributed by atoms with Crippen molar-refractivity contribution >= 4 is 13.7 Å². The lowest BCUT2D eigenvalue weighted by Gasteiger charge is -2.25. The van der Waals surface area contributed by atoms with Gasteiger partial charge >= 0.3 is 7.82 Å². The zero-order chi connectivity index (χ0) is 39.1. The number of nitrogens with one attached hydrogen (secondary N) is 1. The van der Waals surface area contributed by atoms with Gasteiger partial charge in [-0.05, 0) is 38.5 Å². The Balaban J connectivity index is 4.24. The monoisotopic (exact) mass is 775 g/mol. The lowest BCUT2D eigenvalue weighted by Crippen LogP contribution is -2.47. The van der Waals surface area contributed by atoms with Crippen LogP contribution in [0.4, 0.5) is 0 Å². The van der Waals surface area contributed by atoms with E-state index in [1.807, 2.05) is 0 Å². The van der Waals surface area contributed by atoms with Crippen LogP contribution in [0.15, 0.2) is 12.2 Å². The van der Waals surface area contributed by atoms with E-state index in [0.29, 0.717) is 12.8 Å². The van der Waals surface area contributed by atoms with Gasteiger partial charge in [-0.15, -0.1) is 0 Å². The van der Waals surface area contributed by atoms with Crippen LogP contribution in [0.25, 0.3) is 0 Å². The van der Waals surface area contributed by atoms with E-state index in [2.05, 4.69) is 31.3 Å². The van der Waals surface area contributed by atoms with E-state index >= 15 is 0 Å². The molecule has 316 valence electrons. The molecular weight excluding hydrogens is 687 g/mol. The third-order valence-corrected chi connectivity index (χ3v) is 11.2. The first-order valence-electron chi connectivity index (χ1n) is 22.4. The molecule has 0 aliphatic rings. The van der Waals surface area contributed by atoms with Gasteiger partial charge in [0.2, 0.25) is 5.91 Å². The number of carbonyl (C=O) groups is 1. The molecule has 0 aromatic heterocycles. The van der Waals surface area contributed by atoms with Crippen molar-refractivity contribution in [2.24, 2.45) is 5.73 Å². The fraction of sp³-hybridized carbons (Fsp3) is 0.930. The molecule has 0 saturated heterocycles. The summed E-state index contributed by atoms with van der Waals surface area (Å²) >= 11 is 0. The molecule has 0 aromatic rings. The van der Waals surface area contributed by atoms with E-state index < -0.39 is 32.0 Å². The van der Waals surface area contributed by atoms with Gasteiger partial charge in [-0.2, -0.15) is 0 Å². The molecule has 53 heavy (non-hydrogen) atoms. The first-order valence-corrected chi connectivity index (χ1v) is 23.9. The number of allylic oxidation sites excluding steroid dienone is 2. The molecule has 0 fully saturated rings. The zero-order valence-corrected chi connectivity index (χ0v) is 35.5. The van der Waals surface area contributed by atoms with Crippen molar-refractivity contribution in [3.63, 3.8) is 0 Å². The van der Waals surface area contributed by atoms with E-state index in [0.717, 1.165) is 44.9 Å². The number of hydrogen-bond acceptors (Lipinski definition) is 7. The predicted octanol–water partition coefficient (Wildman–Crippen LogP) is 11.4. The van der Waals surface area contributed by atoms with Crippen molar-refractivity contribution in [3.8, 4) is 0 Å². The number of amides is 1. The molecule has 0 rings (SSSR count). The van der Waals surface area contributed by atoms with Gasteiger partial charge < -0.3 is 26.2 Å². The first kappa shape index (κ1) is 52.2. The predicted molar refractivity (Wildman–Crippen MR) is 223 cm³/mol. The number of nitrogens with two attached hydrogens (primary N) is 1. The van der Waals surface area contributed by atoms with E-state index in [1.54, 1.807) is 0 Å². The first-order chi connectivity index (χ1) is 25.8. The summed E-state index contributed by atoms with van der Waals surface area (Å²) in [5.41, 5.74) is 5.37. The smallest absolute Gasteiger partial charge is 0.393 e. The minimum atomic E-state index is -4.37. The average molecular weight is 775 g/mol. The number of aliphatic hydroxyl groups is 2. The topological polar surface area (TPSA) is 151 Å². The number of hydrogen-bond donors (Lipinski definition) is 5. The molecule has 0 heterocycles. The van der Waals surface area contributed by atoms with Crippen molar-refractivity contribution in [2.75, 3.05) is 19.8 Å². The molecule has 0 bridgehead atoms. The Labute approximate surface area is 327 Å². The van der Waals surface area contributed by atoms with E-state index in [9.17, 15) is 24.5 Å². The Morgan fingerprint density at radius 2 is 1.02 bits per heavy atom. The Morgan fingerprint density at radius 1 is 0.623 bits per heavy atom. The molecular formula is C43H87N2O7P. The highest BCUT2D eigenvalue weighted by Crippen LogP contribution is 2.43. The van der Waals surface area contributed by atoms with Crippen LogP contribution < -0.4 is 11.1 Å². The molecule has 0 saturated carbocycles. The van der Waals surface area contributed by atoms with Gasteiger partial charge in [-0.25, -0.2) is 4.57 Å². The van der Waals surface area contributed by atoms with Gasteiger partial charge in [0, 0.05) is 6.54 Å². The zero-order valence-electron chi connectivity index (χ0n) is 34.6. The maximum atomic E-state index is 12.8. The number of unbranched alkanes of at least 4 members (excludes halogenated alkanes) is 26. The summed E-state index contributed by atoms with van der Waals surface area (Å²) in [5.74, 6) is -0.417. The average Bonchev–Trinajstić information content (AvgIpc) is 3.13. The molecule has 9 nitrogen and oxygen atoms in total. The quantitative estimate of drug-likeness (QED) is 0.0233. The largest absolute Gasteiger partial charge is 0.472 e. The van der Waals surface area contributed by atoms with Gasteiger partial charge in [0.1, 0.15) is 0 Å². The maximum absolute atomic E-state index is 12.8. The van der Waals surface area contributed by atoms with Gasteiger partial charge in [-0.1, -0.05) is 187 Å². The van der Waals surface area contributed by atoms with Crippen LogP contribution >= 0.6 is 7.82 Å². The molecule has 6 N–H and O–H groups in total. The van der Waals surface area contributed by atoms with Gasteiger partial charge in [0.05, 0.1) is 37.9 Å². The van der Waals surface area contributed by atoms with E-state index in [4.69, 9.17) is 14.8 Å². The molecule has 0 radical (unpaired) electrons. The summed E-state index contributed by atoms with van der Waals surface area (Å²) < 4.78 is 22.1. The highest BCUT2D eigenvalue weighted by molar-refractivity contribution is 7.47. The van der Waals surface area contributed by atoms with Crippen LogP contribution in [-0.4, -0.2) is 59.0 Å². The second-order valence-electron chi connectivity index (χ2n) is 15.5. The Hall–Kier alpha value is -0.800. The lowest BCUT2D eigenvalue weighted by atomic mass is 10.0. The number of phosphoric acid groups is 1. The Kier molecular flexibility index (Phi) is 38.8. The second-order valence-corrected chi connectivity index (χ2v) is 16.9. The molecule has 0 aromatic carbocycles. The number of aliphatic hydroxyl groups excluding tert-OH is 2. The standard InChI is InChI=1S/C43H87N2O7P/c1-3-5-7-9-11-13-15-17-18-19-20-21-23-25-27-29-31-33-35-42(47)41(39-52-53(49,50)51-37-36-44)45-43(48)38-40(46)34-32-30-28-26-24-22-16-14-12-10-8-6-4-2/h14,16,40-42,46-47H,3-13,15,17-39,44H2,1-2H3,(H,45,48)(H,49,50)/b16-14-. The van der Waals surface area contributed by atoms with Crippen LogP contribution in [0.2, 0.25) is 0 Å². The third kappa shape index (κ3) is 37.9. The lowest BCUT2D eigenvalue weighted by molar-refractivity contribution is -0.125. The van der Waals surface area contributed by atoms with Gasteiger partial charge in [0.15, 0.2) is 0 Å². The van der Waals surface area contributed by atoms with Gasteiger partial charge in [-0.3, -0.25) is 13.8 Å². The van der Waals surface area contributed by atoms with Crippen molar-refractivity contribution in [1.82, 2.24) is 5.32 Å². The van der Waals surface area contributed by atoms with Crippen molar-refractivity contribution in [1.29, 1.82) is 0 Å². The van der Waals surface area contributed by atoms with Crippen molar-refractivity contribution in [2.45, 2.75) is 238 Å². The summed E-state index contributed by atoms with van der Waals surface area (Å²) in [6, 6.07) is -0.896. The van der Waals surface area contributed by atoms with Crippen LogP contribution in [-0.2, 0) is 18.4 Å². The normalized spacial score (nSPS) is 14.8. The summed E-state index contributed by atoms with van der Waals surface area (Å²) in [4.78, 5) is 22.8. The molecule has 4 unspecified atom stereocenters. The maximum Gasteiger partial charge on any atom is 0.472 e. The highest BCUT2D eigenvalue weighted by atomic mass is 31.2. The van der Waals surface area contributed by atoms with Crippen molar-refractivity contribution in [3.05, 3.63) is 12.2 Å². The minimum Gasteiger partial charge on any atom is -0.393 e. The van der Waals surface area contributed by atoms with Crippen LogP contribution in [0, 0.1) is 0 Å². The Bertz CT molecular complexity index is 862. The number of rotatable bonds is 42.